The first-order chi connectivity index (χ1) is 16.5. The van der Waals surface area contributed by atoms with Crippen molar-refractivity contribution < 1.29 is 35.9 Å². The minimum Gasteiger partial charge on any atom is -0.454 e. The number of hydrogen-bond donors (Lipinski definition) is 1. The minimum atomic E-state index is -4.68. The van der Waals surface area contributed by atoms with Gasteiger partial charge in [-0.25, -0.2) is 8.42 Å². The quantitative estimate of drug-likeness (QED) is 0.518. The van der Waals surface area contributed by atoms with E-state index in [0.29, 0.717) is 27.4 Å². The molecular formula is C24H21F3N2O5S. The Hall–Kier alpha value is -3.73. The molecule has 1 heterocycles. The summed E-state index contributed by atoms with van der Waals surface area (Å²) < 4.78 is 77.8. The van der Waals surface area contributed by atoms with E-state index in [4.69, 9.17) is 9.47 Å². The number of nitrogens with zero attached hydrogens (tertiary/aromatic N) is 1. The third-order valence-corrected chi connectivity index (χ3v) is 7.07. The van der Waals surface area contributed by atoms with Crippen molar-refractivity contribution in [3.05, 3.63) is 83.4 Å². The summed E-state index contributed by atoms with van der Waals surface area (Å²) in [5.74, 6) is 0.389. The predicted molar refractivity (Wildman–Crippen MR) is 122 cm³/mol. The van der Waals surface area contributed by atoms with Gasteiger partial charge in [-0.2, -0.15) is 13.2 Å². The number of sulfonamides is 1. The van der Waals surface area contributed by atoms with Crippen LogP contribution >= 0.6 is 0 Å². The van der Waals surface area contributed by atoms with Crippen molar-refractivity contribution in [3.63, 3.8) is 0 Å². The first kappa shape index (κ1) is 24.4. The van der Waals surface area contributed by atoms with Crippen molar-refractivity contribution in [2.45, 2.75) is 24.5 Å². The molecule has 7 nitrogen and oxygen atoms in total. The number of rotatable bonds is 7. The topological polar surface area (TPSA) is 84.9 Å². The number of nitrogens with one attached hydrogen (secondary N) is 1. The minimum absolute atomic E-state index is 0.0521. The number of carbonyl (C=O) groups is 1. The molecule has 1 aliphatic rings. The molecule has 0 spiro atoms. The first-order valence-electron chi connectivity index (χ1n) is 10.5. The number of halogens is 3. The van der Waals surface area contributed by atoms with E-state index in [1.54, 1.807) is 37.3 Å². The molecule has 4 rings (SSSR count). The lowest BCUT2D eigenvalue weighted by Gasteiger charge is -2.25. The zero-order chi connectivity index (χ0) is 25.2. The van der Waals surface area contributed by atoms with E-state index < -0.39 is 34.2 Å². The fourth-order valence-corrected chi connectivity index (χ4v) is 4.84. The Morgan fingerprint density at radius 1 is 1.00 bits per heavy atom. The van der Waals surface area contributed by atoms with E-state index in [0.717, 1.165) is 17.7 Å². The van der Waals surface area contributed by atoms with Crippen LogP contribution in [0.5, 0.6) is 11.5 Å². The van der Waals surface area contributed by atoms with Gasteiger partial charge in [0.25, 0.3) is 10.0 Å². The van der Waals surface area contributed by atoms with E-state index in [9.17, 15) is 26.4 Å². The van der Waals surface area contributed by atoms with Crippen molar-refractivity contribution in [2.75, 3.05) is 17.6 Å². The molecule has 0 radical (unpaired) electrons. The molecule has 0 aromatic heterocycles. The molecule has 0 unspecified atom stereocenters. The van der Waals surface area contributed by atoms with Gasteiger partial charge < -0.3 is 14.8 Å². The number of anilines is 1. The van der Waals surface area contributed by atoms with E-state index in [2.05, 4.69) is 5.32 Å². The summed E-state index contributed by atoms with van der Waals surface area (Å²) in [5, 5.41) is 2.60. The van der Waals surface area contributed by atoms with Crippen molar-refractivity contribution in [1.82, 2.24) is 5.32 Å². The molecule has 1 amide bonds. The Balaban J connectivity index is 1.60. The molecule has 1 aliphatic heterocycles. The van der Waals surface area contributed by atoms with Crippen LogP contribution in [-0.4, -0.2) is 27.7 Å². The van der Waals surface area contributed by atoms with Gasteiger partial charge in [-0.1, -0.05) is 29.8 Å². The van der Waals surface area contributed by atoms with E-state index >= 15 is 0 Å². The monoisotopic (exact) mass is 506 g/mol. The molecule has 0 saturated carbocycles. The van der Waals surface area contributed by atoms with Gasteiger partial charge in [0.1, 0.15) is 6.54 Å². The molecule has 0 fully saturated rings. The number of amides is 1. The molecule has 0 bridgehead atoms. The number of hydrogen-bond acceptors (Lipinski definition) is 5. The summed E-state index contributed by atoms with van der Waals surface area (Å²) in [4.78, 5) is 12.6. The van der Waals surface area contributed by atoms with Crippen LogP contribution < -0.4 is 19.1 Å². The highest BCUT2D eigenvalue weighted by Gasteiger charge is 2.33. The second-order valence-electron chi connectivity index (χ2n) is 7.84. The number of aryl methyl sites for hydroxylation is 1. The van der Waals surface area contributed by atoms with Crippen LogP contribution in [0.1, 0.15) is 16.7 Å². The van der Waals surface area contributed by atoms with Crippen LogP contribution in [0.4, 0.5) is 18.9 Å². The molecular weight excluding hydrogens is 485 g/mol. The van der Waals surface area contributed by atoms with Gasteiger partial charge in [0.2, 0.25) is 12.7 Å². The number of benzene rings is 3. The second-order valence-corrected chi connectivity index (χ2v) is 9.70. The summed E-state index contributed by atoms with van der Waals surface area (Å²) >= 11 is 0. The average Bonchev–Trinajstić information content (AvgIpc) is 3.29. The van der Waals surface area contributed by atoms with Crippen LogP contribution in [0.2, 0.25) is 0 Å². The van der Waals surface area contributed by atoms with Gasteiger partial charge >= 0.3 is 6.18 Å². The Labute approximate surface area is 200 Å². The lowest BCUT2D eigenvalue weighted by atomic mass is 10.2. The van der Waals surface area contributed by atoms with Crippen LogP contribution in [0, 0.1) is 6.92 Å². The Morgan fingerprint density at radius 2 is 1.71 bits per heavy atom. The highest BCUT2D eigenvalue weighted by Crippen LogP contribution is 2.34. The van der Waals surface area contributed by atoms with Crippen molar-refractivity contribution in [2.24, 2.45) is 0 Å². The average molecular weight is 507 g/mol. The van der Waals surface area contributed by atoms with Gasteiger partial charge in [0.05, 0.1) is 16.1 Å². The van der Waals surface area contributed by atoms with Gasteiger partial charge in [-0.15, -0.1) is 0 Å². The summed E-state index contributed by atoms with van der Waals surface area (Å²) in [5.41, 5.74) is 0.171. The fraction of sp³-hybridized carbons (Fsp3) is 0.208. The summed E-state index contributed by atoms with van der Waals surface area (Å²) in [6.45, 7) is 1.19. The molecule has 3 aromatic carbocycles. The third-order valence-electron chi connectivity index (χ3n) is 5.28. The molecule has 11 heteroatoms. The van der Waals surface area contributed by atoms with Crippen molar-refractivity contribution in [1.29, 1.82) is 0 Å². The van der Waals surface area contributed by atoms with Crippen LogP contribution in [0.15, 0.2) is 71.6 Å². The molecule has 184 valence electrons. The summed E-state index contributed by atoms with van der Waals surface area (Å²) in [6, 6.07) is 14.7. The molecule has 35 heavy (non-hydrogen) atoms. The van der Waals surface area contributed by atoms with E-state index in [1.165, 1.54) is 18.2 Å². The first-order valence-corrected chi connectivity index (χ1v) is 11.9. The van der Waals surface area contributed by atoms with E-state index in [1.807, 2.05) is 0 Å². The molecule has 3 aromatic rings. The number of carbonyl (C=O) groups excluding carboxylic acids is 1. The predicted octanol–water partition coefficient (Wildman–Crippen LogP) is 4.25. The van der Waals surface area contributed by atoms with Crippen molar-refractivity contribution in [3.8, 4) is 11.5 Å². The van der Waals surface area contributed by atoms with Crippen molar-refractivity contribution >= 4 is 21.6 Å². The summed E-state index contributed by atoms with van der Waals surface area (Å²) in [7, 11) is -4.35. The maximum Gasteiger partial charge on any atom is 0.416 e. The Morgan fingerprint density at radius 3 is 2.43 bits per heavy atom. The largest absolute Gasteiger partial charge is 0.454 e. The second kappa shape index (κ2) is 9.49. The molecule has 0 atom stereocenters. The maximum atomic E-state index is 13.4. The van der Waals surface area contributed by atoms with Crippen LogP contribution in [0.25, 0.3) is 0 Å². The van der Waals surface area contributed by atoms with Gasteiger partial charge in [-0.05, 0) is 55.0 Å². The fourth-order valence-electron chi connectivity index (χ4n) is 3.43. The Bertz CT molecular complexity index is 1340. The third kappa shape index (κ3) is 5.51. The standard InChI is InChI=1S/C24H21F3N2O5S/c1-16-5-8-20(9-6-16)35(31,32)29(19-4-2-3-18(12-19)24(25,26)27)14-23(30)28-13-17-7-10-21-22(11-17)34-15-33-21/h2-12H,13-15H2,1H3,(H,28,30). The molecule has 0 aliphatic carbocycles. The van der Waals surface area contributed by atoms with E-state index in [-0.39, 0.29) is 23.9 Å². The molecule has 1 N–H and O–H groups in total. The lowest BCUT2D eigenvalue weighted by Crippen LogP contribution is -2.40. The number of ether oxygens (including phenoxy) is 2. The Kier molecular flexibility index (Phi) is 6.62. The normalized spacial score (nSPS) is 12.9. The number of alkyl halides is 3. The summed E-state index contributed by atoms with van der Waals surface area (Å²) in [6.07, 6.45) is -4.68. The smallest absolute Gasteiger partial charge is 0.416 e. The maximum absolute atomic E-state index is 13.4. The number of fused-ring (bicyclic) bond motifs is 1. The van der Waals surface area contributed by atoms with Crippen LogP contribution in [0.3, 0.4) is 0 Å². The zero-order valence-corrected chi connectivity index (χ0v) is 19.3. The lowest BCUT2D eigenvalue weighted by molar-refractivity contribution is -0.137. The molecule has 0 saturated heterocycles. The van der Waals surface area contributed by atoms with Crippen LogP contribution in [-0.2, 0) is 27.5 Å². The van der Waals surface area contributed by atoms with Gasteiger partial charge in [-0.3, -0.25) is 9.10 Å². The van der Waals surface area contributed by atoms with Gasteiger partial charge in [0, 0.05) is 6.54 Å². The SMILES string of the molecule is Cc1ccc(S(=O)(=O)N(CC(=O)NCc2ccc3c(c2)OCO3)c2cccc(C(F)(F)F)c2)cc1. The highest BCUT2D eigenvalue weighted by molar-refractivity contribution is 7.92. The highest BCUT2D eigenvalue weighted by atomic mass is 32.2. The van der Waals surface area contributed by atoms with Gasteiger partial charge in [0.15, 0.2) is 11.5 Å². The zero-order valence-electron chi connectivity index (χ0n) is 18.5.